The van der Waals surface area contributed by atoms with Crippen LogP contribution < -0.4 is 0 Å². The zero-order valence-corrected chi connectivity index (χ0v) is 7.95. The Labute approximate surface area is 75.7 Å². The SMILES string of the molecule is CC/C(=C/c1nccs1)CCl. The third kappa shape index (κ3) is 2.64. The van der Waals surface area contributed by atoms with Crippen molar-refractivity contribution in [1.29, 1.82) is 0 Å². The van der Waals surface area contributed by atoms with Crippen molar-refractivity contribution < 1.29 is 0 Å². The standard InChI is InChI=1S/C8H10ClNS/c1-2-7(6-9)5-8-10-3-4-11-8/h3-5H,2,6H2,1H3/b7-5-. The Morgan fingerprint density at radius 1 is 1.82 bits per heavy atom. The van der Waals surface area contributed by atoms with Gasteiger partial charge in [0.2, 0.25) is 0 Å². The molecule has 0 radical (unpaired) electrons. The van der Waals surface area contributed by atoms with Crippen molar-refractivity contribution >= 4 is 29.0 Å². The molecule has 1 heterocycles. The van der Waals surface area contributed by atoms with Crippen molar-refractivity contribution in [2.75, 3.05) is 5.88 Å². The minimum absolute atomic E-state index is 0.607. The zero-order chi connectivity index (χ0) is 8.10. The van der Waals surface area contributed by atoms with Gasteiger partial charge in [-0.1, -0.05) is 12.5 Å². The molecule has 1 aromatic heterocycles. The summed E-state index contributed by atoms with van der Waals surface area (Å²) in [6, 6.07) is 0. The Balaban J connectivity index is 2.71. The molecule has 0 unspecified atom stereocenters. The first-order valence-electron chi connectivity index (χ1n) is 3.51. The van der Waals surface area contributed by atoms with Crippen LogP contribution in [0, 0.1) is 0 Å². The highest BCUT2D eigenvalue weighted by Gasteiger charge is 1.93. The van der Waals surface area contributed by atoms with Gasteiger partial charge in [-0.15, -0.1) is 22.9 Å². The highest BCUT2D eigenvalue weighted by atomic mass is 35.5. The number of nitrogens with zero attached hydrogens (tertiary/aromatic N) is 1. The van der Waals surface area contributed by atoms with E-state index in [1.807, 2.05) is 5.38 Å². The normalized spacial score (nSPS) is 12.0. The quantitative estimate of drug-likeness (QED) is 0.663. The summed E-state index contributed by atoms with van der Waals surface area (Å²) in [4.78, 5) is 4.14. The molecular weight excluding hydrogens is 178 g/mol. The Morgan fingerprint density at radius 3 is 3.09 bits per heavy atom. The summed E-state index contributed by atoms with van der Waals surface area (Å²) in [5.41, 5.74) is 1.24. The molecule has 3 heteroatoms. The van der Waals surface area contributed by atoms with Crippen molar-refractivity contribution in [3.63, 3.8) is 0 Å². The molecule has 0 atom stereocenters. The second kappa shape index (κ2) is 4.52. The lowest BCUT2D eigenvalue weighted by Crippen LogP contribution is -1.81. The van der Waals surface area contributed by atoms with Crippen LogP contribution in [-0.4, -0.2) is 10.9 Å². The van der Waals surface area contributed by atoms with Gasteiger partial charge in [-0.25, -0.2) is 4.98 Å². The molecule has 1 aromatic rings. The molecule has 0 saturated heterocycles. The molecule has 0 amide bonds. The topological polar surface area (TPSA) is 12.9 Å². The van der Waals surface area contributed by atoms with Gasteiger partial charge >= 0.3 is 0 Å². The summed E-state index contributed by atoms with van der Waals surface area (Å²) < 4.78 is 0. The van der Waals surface area contributed by atoms with Gasteiger partial charge in [-0.3, -0.25) is 0 Å². The molecule has 0 aliphatic rings. The molecule has 1 nitrogen and oxygen atoms in total. The first kappa shape index (κ1) is 8.75. The Kier molecular flexibility index (Phi) is 3.60. The number of hydrogen-bond acceptors (Lipinski definition) is 2. The fourth-order valence-electron chi connectivity index (χ4n) is 0.715. The van der Waals surface area contributed by atoms with E-state index < -0.39 is 0 Å². The summed E-state index contributed by atoms with van der Waals surface area (Å²) >= 11 is 7.33. The summed E-state index contributed by atoms with van der Waals surface area (Å²) in [5.74, 6) is 0.607. The van der Waals surface area contributed by atoms with E-state index >= 15 is 0 Å². The number of allylic oxidation sites excluding steroid dienone is 1. The number of alkyl halides is 1. The van der Waals surface area contributed by atoms with Crippen molar-refractivity contribution in [2.24, 2.45) is 0 Å². The van der Waals surface area contributed by atoms with Gasteiger partial charge in [0.25, 0.3) is 0 Å². The fourth-order valence-corrected chi connectivity index (χ4v) is 1.60. The van der Waals surface area contributed by atoms with E-state index in [9.17, 15) is 0 Å². The van der Waals surface area contributed by atoms with Crippen LogP contribution in [0.25, 0.3) is 6.08 Å². The lowest BCUT2D eigenvalue weighted by molar-refractivity contribution is 1.12. The van der Waals surface area contributed by atoms with Crippen LogP contribution in [0.5, 0.6) is 0 Å². The Bertz CT molecular complexity index is 222. The van der Waals surface area contributed by atoms with Crippen molar-refractivity contribution in [3.8, 4) is 0 Å². The van der Waals surface area contributed by atoms with E-state index in [0.717, 1.165) is 11.4 Å². The van der Waals surface area contributed by atoms with Gasteiger partial charge in [0.15, 0.2) is 0 Å². The van der Waals surface area contributed by atoms with Crippen LogP contribution in [0.1, 0.15) is 18.4 Å². The number of hydrogen-bond donors (Lipinski definition) is 0. The maximum atomic E-state index is 5.69. The molecule has 0 N–H and O–H groups in total. The molecule has 0 spiro atoms. The Morgan fingerprint density at radius 2 is 2.64 bits per heavy atom. The molecule has 0 bridgehead atoms. The van der Waals surface area contributed by atoms with E-state index in [2.05, 4.69) is 18.0 Å². The lowest BCUT2D eigenvalue weighted by Gasteiger charge is -1.94. The van der Waals surface area contributed by atoms with E-state index in [-0.39, 0.29) is 0 Å². The zero-order valence-electron chi connectivity index (χ0n) is 6.38. The van der Waals surface area contributed by atoms with Crippen LogP contribution >= 0.6 is 22.9 Å². The second-order valence-corrected chi connectivity index (χ2v) is 3.35. The minimum Gasteiger partial charge on any atom is -0.245 e. The maximum absolute atomic E-state index is 5.69. The van der Waals surface area contributed by atoms with Crippen LogP contribution in [0.3, 0.4) is 0 Å². The second-order valence-electron chi connectivity index (χ2n) is 2.16. The molecule has 1 rings (SSSR count). The molecule has 60 valence electrons. The first-order chi connectivity index (χ1) is 5.36. The van der Waals surface area contributed by atoms with E-state index in [1.165, 1.54) is 5.57 Å². The largest absolute Gasteiger partial charge is 0.245 e. The fraction of sp³-hybridized carbons (Fsp3) is 0.375. The monoisotopic (exact) mass is 187 g/mol. The number of halogens is 1. The van der Waals surface area contributed by atoms with Gasteiger partial charge in [0, 0.05) is 17.5 Å². The lowest BCUT2D eigenvalue weighted by atomic mass is 10.2. The van der Waals surface area contributed by atoms with Gasteiger partial charge in [0.1, 0.15) is 5.01 Å². The van der Waals surface area contributed by atoms with Gasteiger partial charge in [0.05, 0.1) is 0 Å². The molecule has 0 aromatic carbocycles. The number of thiazole rings is 1. The summed E-state index contributed by atoms with van der Waals surface area (Å²) in [6.07, 6.45) is 4.86. The molecular formula is C8H10ClNS. The predicted molar refractivity (Wildman–Crippen MR) is 51.1 cm³/mol. The minimum atomic E-state index is 0.607. The number of aromatic nitrogens is 1. The highest BCUT2D eigenvalue weighted by molar-refractivity contribution is 7.10. The van der Waals surface area contributed by atoms with Crippen LogP contribution in [0.4, 0.5) is 0 Å². The smallest absolute Gasteiger partial charge is 0.115 e. The first-order valence-corrected chi connectivity index (χ1v) is 4.93. The van der Waals surface area contributed by atoms with Crippen LogP contribution in [-0.2, 0) is 0 Å². The van der Waals surface area contributed by atoms with E-state index in [1.54, 1.807) is 17.5 Å². The average Bonchev–Trinajstić information content (AvgIpc) is 2.52. The average molecular weight is 188 g/mol. The van der Waals surface area contributed by atoms with Crippen molar-refractivity contribution in [1.82, 2.24) is 4.98 Å². The molecule has 0 fully saturated rings. The third-order valence-corrected chi connectivity index (χ3v) is 2.47. The van der Waals surface area contributed by atoms with Crippen molar-refractivity contribution in [3.05, 3.63) is 22.2 Å². The summed E-state index contributed by atoms with van der Waals surface area (Å²) in [5, 5.41) is 3.01. The van der Waals surface area contributed by atoms with E-state index in [0.29, 0.717) is 5.88 Å². The molecule has 0 aliphatic carbocycles. The third-order valence-electron chi connectivity index (χ3n) is 1.40. The molecule has 0 aliphatic heterocycles. The van der Waals surface area contributed by atoms with Crippen molar-refractivity contribution in [2.45, 2.75) is 13.3 Å². The van der Waals surface area contributed by atoms with Gasteiger partial charge < -0.3 is 0 Å². The van der Waals surface area contributed by atoms with Crippen LogP contribution in [0.2, 0.25) is 0 Å². The Hall–Kier alpha value is -0.340. The highest BCUT2D eigenvalue weighted by Crippen LogP contribution is 2.12. The molecule has 11 heavy (non-hydrogen) atoms. The summed E-state index contributed by atoms with van der Waals surface area (Å²) in [6.45, 7) is 2.10. The summed E-state index contributed by atoms with van der Waals surface area (Å²) in [7, 11) is 0. The maximum Gasteiger partial charge on any atom is 0.115 e. The number of rotatable bonds is 3. The predicted octanol–water partition coefficient (Wildman–Crippen LogP) is 3.18. The van der Waals surface area contributed by atoms with Gasteiger partial charge in [-0.2, -0.15) is 0 Å². The van der Waals surface area contributed by atoms with Gasteiger partial charge in [-0.05, 0) is 12.5 Å². The van der Waals surface area contributed by atoms with E-state index in [4.69, 9.17) is 11.6 Å². The molecule has 0 saturated carbocycles. The van der Waals surface area contributed by atoms with Crippen LogP contribution in [0.15, 0.2) is 17.2 Å².